The van der Waals surface area contributed by atoms with Gasteiger partial charge in [0, 0.05) is 9.51 Å². The van der Waals surface area contributed by atoms with Crippen molar-refractivity contribution in [1.29, 1.82) is 0 Å². The van der Waals surface area contributed by atoms with Gasteiger partial charge in [-0.05, 0) is 58.4 Å². The van der Waals surface area contributed by atoms with Gasteiger partial charge in [-0.1, -0.05) is 39.7 Å². The van der Waals surface area contributed by atoms with E-state index < -0.39 is 11.3 Å². The van der Waals surface area contributed by atoms with Gasteiger partial charge in [-0.3, -0.25) is 4.90 Å². The van der Waals surface area contributed by atoms with Crippen molar-refractivity contribution in [2.24, 2.45) is 0 Å². The second kappa shape index (κ2) is 7.06. The first-order chi connectivity index (χ1) is 11.0. The second-order valence-electron chi connectivity index (χ2n) is 7.20. The highest BCUT2D eigenvalue weighted by atomic mass is 79.9. The van der Waals surface area contributed by atoms with Crippen molar-refractivity contribution < 1.29 is 14.3 Å². The number of carbonyl (C=O) groups is 1. The van der Waals surface area contributed by atoms with Gasteiger partial charge in [-0.2, -0.15) is 0 Å². The molecule has 1 aromatic carbocycles. The maximum atomic E-state index is 12.6. The van der Waals surface area contributed by atoms with Crippen molar-refractivity contribution in [2.75, 3.05) is 6.61 Å². The van der Waals surface area contributed by atoms with E-state index in [1.807, 2.05) is 65.0 Å². The van der Waals surface area contributed by atoms with E-state index in [-0.39, 0.29) is 12.1 Å². The predicted molar refractivity (Wildman–Crippen MR) is 100 cm³/mol. The SMILES string of the molecule is CC(C)(C)OC(=O)N1C(C=C(Br)c2ccc(Cl)cc2)COC1(C)C. The van der Waals surface area contributed by atoms with E-state index >= 15 is 0 Å². The van der Waals surface area contributed by atoms with Crippen LogP contribution in [0, 0.1) is 0 Å². The monoisotopic (exact) mass is 415 g/mol. The normalized spacial score (nSPS) is 21.0. The summed E-state index contributed by atoms with van der Waals surface area (Å²) in [4.78, 5) is 14.2. The zero-order valence-electron chi connectivity index (χ0n) is 14.6. The van der Waals surface area contributed by atoms with E-state index in [2.05, 4.69) is 15.9 Å². The quantitative estimate of drug-likeness (QED) is 0.643. The van der Waals surface area contributed by atoms with E-state index in [9.17, 15) is 4.79 Å². The Morgan fingerprint density at radius 3 is 2.50 bits per heavy atom. The summed E-state index contributed by atoms with van der Waals surface area (Å²) in [5.74, 6) is 0. The van der Waals surface area contributed by atoms with Crippen LogP contribution in [0.1, 0.15) is 40.2 Å². The number of benzene rings is 1. The van der Waals surface area contributed by atoms with E-state index in [1.165, 1.54) is 0 Å². The molecule has 1 aromatic rings. The van der Waals surface area contributed by atoms with E-state index in [0.29, 0.717) is 11.6 Å². The molecule has 0 saturated carbocycles. The van der Waals surface area contributed by atoms with E-state index in [4.69, 9.17) is 21.1 Å². The van der Waals surface area contributed by atoms with Crippen LogP contribution in [0.4, 0.5) is 4.79 Å². The minimum absolute atomic E-state index is 0.222. The van der Waals surface area contributed by atoms with Gasteiger partial charge in [0.1, 0.15) is 11.3 Å². The van der Waals surface area contributed by atoms with Gasteiger partial charge in [-0.25, -0.2) is 4.79 Å². The molecule has 4 nitrogen and oxygen atoms in total. The molecule has 0 bridgehead atoms. The fourth-order valence-corrected chi connectivity index (χ4v) is 3.19. The van der Waals surface area contributed by atoms with E-state index in [0.717, 1.165) is 10.0 Å². The van der Waals surface area contributed by atoms with Crippen molar-refractivity contribution in [3.8, 4) is 0 Å². The maximum Gasteiger partial charge on any atom is 0.413 e. The number of rotatable bonds is 2. The summed E-state index contributed by atoms with van der Waals surface area (Å²) in [5.41, 5.74) is -0.304. The van der Waals surface area contributed by atoms with Crippen LogP contribution in [0.2, 0.25) is 5.02 Å². The topological polar surface area (TPSA) is 38.8 Å². The molecule has 2 rings (SSSR count). The smallest absolute Gasteiger partial charge is 0.413 e. The average molecular weight is 417 g/mol. The van der Waals surface area contributed by atoms with Gasteiger partial charge < -0.3 is 9.47 Å². The van der Waals surface area contributed by atoms with E-state index in [1.54, 1.807) is 4.90 Å². The maximum absolute atomic E-state index is 12.6. The number of carbonyl (C=O) groups excluding carboxylic acids is 1. The average Bonchev–Trinajstić information content (AvgIpc) is 2.72. The van der Waals surface area contributed by atoms with Gasteiger partial charge in [-0.15, -0.1) is 0 Å². The Hall–Kier alpha value is -1.04. The number of ether oxygens (including phenoxy) is 2. The fourth-order valence-electron chi connectivity index (χ4n) is 2.50. The molecule has 1 heterocycles. The molecular weight excluding hydrogens is 394 g/mol. The summed E-state index contributed by atoms with van der Waals surface area (Å²) in [5, 5.41) is 0.680. The first kappa shape index (κ1) is 19.3. The van der Waals surface area contributed by atoms with Crippen LogP contribution >= 0.6 is 27.5 Å². The van der Waals surface area contributed by atoms with Crippen LogP contribution in [0.15, 0.2) is 30.3 Å². The Balaban J connectivity index is 2.25. The number of halogens is 2. The number of hydrogen-bond donors (Lipinski definition) is 0. The predicted octanol–water partition coefficient (Wildman–Crippen LogP) is 5.45. The van der Waals surface area contributed by atoms with Crippen LogP contribution in [-0.4, -0.2) is 35.0 Å². The van der Waals surface area contributed by atoms with Crippen LogP contribution in [-0.2, 0) is 9.47 Å². The molecule has 1 fully saturated rings. The Bertz CT molecular complexity index is 635. The van der Waals surface area contributed by atoms with Crippen LogP contribution in [0.25, 0.3) is 4.48 Å². The first-order valence-electron chi connectivity index (χ1n) is 7.79. The molecule has 1 unspecified atom stereocenters. The van der Waals surface area contributed by atoms with Gasteiger partial charge in [0.15, 0.2) is 0 Å². The fraction of sp³-hybridized carbons (Fsp3) is 0.500. The minimum atomic E-state index is -0.725. The first-order valence-corrected chi connectivity index (χ1v) is 8.96. The molecule has 1 atom stereocenters. The highest BCUT2D eigenvalue weighted by Gasteiger charge is 2.44. The molecule has 24 heavy (non-hydrogen) atoms. The Labute approximate surface area is 156 Å². The molecule has 0 aromatic heterocycles. The molecule has 6 heteroatoms. The molecule has 0 spiro atoms. The number of amides is 1. The molecule has 0 radical (unpaired) electrons. The summed E-state index contributed by atoms with van der Waals surface area (Å²) in [6.45, 7) is 9.69. The van der Waals surface area contributed by atoms with Gasteiger partial charge in [0.05, 0.1) is 12.6 Å². The van der Waals surface area contributed by atoms with Gasteiger partial charge in [0.25, 0.3) is 0 Å². The molecule has 0 N–H and O–H groups in total. The zero-order chi connectivity index (χ0) is 18.1. The largest absolute Gasteiger partial charge is 0.444 e. The highest BCUT2D eigenvalue weighted by Crippen LogP contribution is 2.33. The van der Waals surface area contributed by atoms with Crippen molar-refractivity contribution in [3.63, 3.8) is 0 Å². The van der Waals surface area contributed by atoms with Crippen molar-refractivity contribution in [1.82, 2.24) is 4.90 Å². The summed E-state index contributed by atoms with van der Waals surface area (Å²) in [6.07, 6.45) is 1.57. The molecule has 1 saturated heterocycles. The minimum Gasteiger partial charge on any atom is -0.444 e. The lowest BCUT2D eigenvalue weighted by Crippen LogP contribution is -2.49. The number of hydrogen-bond acceptors (Lipinski definition) is 3. The van der Waals surface area contributed by atoms with Gasteiger partial charge in [0.2, 0.25) is 0 Å². The summed E-state index contributed by atoms with van der Waals surface area (Å²) >= 11 is 9.51. The summed E-state index contributed by atoms with van der Waals surface area (Å²) < 4.78 is 12.2. The van der Waals surface area contributed by atoms with Gasteiger partial charge >= 0.3 is 6.09 Å². The zero-order valence-corrected chi connectivity index (χ0v) is 16.9. The summed E-state index contributed by atoms with van der Waals surface area (Å²) in [6, 6.07) is 7.27. The Morgan fingerprint density at radius 2 is 1.96 bits per heavy atom. The Kier molecular flexibility index (Phi) is 5.68. The lowest BCUT2D eigenvalue weighted by atomic mass is 10.1. The molecule has 1 aliphatic heterocycles. The Morgan fingerprint density at radius 1 is 1.38 bits per heavy atom. The number of nitrogens with zero attached hydrogens (tertiary/aromatic N) is 1. The lowest BCUT2D eigenvalue weighted by molar-refractivity contribution is -0.0610. The van der Waals surface area contributed by atoms with Crippen molar-refractivity contribution in [2.45, 2.75) is 52.0 Å². The third-order valence-corrected chi connectivity index (χ3v) is 4.54. The van der Waals surface area contributed by atoms with Crippen molar-refractivity contribution >= 4 is 38.1 Å². The molecule has 0 aliphatic carbocycles. The second-order valence-corrected chi connectivity index (χ2v) is 8.49. The molecule has 132 valence electrons. The summed E-state index contributed by atoms with van der Waals surface area (Å²) in [7, 11) is 0. The molecule has 1 amide bonds. The standard InChI is InChI=1S/C18H23BrClNO3/c1-17(2,3)24-16(22)21-14(11-23-18(21,4)5)10-15(19)12-6-8-13(20)9-7-12/h6-10,14H,11H2,1-5H3. The third kappa shape index (κ3) is 4.74. The van der Waals surface area contributed by atoms with Crippen LogP contribution in [0.3, 0.4) is 0 Å². The van der Waals surface area contributed by atoms with Crippen LogP contribution in [0.5, 0.6) is 0 Å². The molecular formula is C18H23BrClNO3. The lowest BCUT2D eigenvalue weighted by Gasteiger charge is -2.34. The third-order valence-electron chi connectivity index (χ3n) is 3.57. The highest BCUT2D eigenvalue weighted by molar-refractivity contribution is 9.15. The van der Waals surface area contributed by atoms with Crippen LogP contribution < -0.4 is 0 Å². The van der Waals surface area contributed by atoms with Crippen molar-refractivity contribution in [3.05, 3.63) is 40.9 Å². The molecule has 1 aliphatic rings.